The molecule has 0 amide bonds. The average molecular weight is 294 g/mol. The molecule has 0 radical (unpaired) electrons. The van der Waals surface area contributed by atoms with Crippen LogP contribution in [0.3, 0.4) is 0 Å². The molecule has 1 aliphatic heterocycles. The second kappa shape index (κ2) is 7.34. The van der Waals surface area contributed by atoms with E-state index in [0.29, 0.717) is 0 Å². The van der Waals surface area contributed by atoms with E-state index >= 15 is 0 Å². The average Bonchev–Trinajstić information content (AvgIpc) is 2.47. The molecular formula is C16H26N2OS. The minimum atomic E-state index is -0.886. The van der Waals surface area contributed by atoms with Crippen LogP contribution in [0.25, 0.3) is 0 Å². The molecule has 0 bridgehead atoms. The van der Waals surface area contributed by atoms with E-state index in [4.69, 9.17) is 0 Å². The second-order valence-corrected chi connectivity index (χ2v) is 7.71. The van der Waals surface area contributed by atoms with Gasteiger partial charge in [-0.1, -0.05) is 32.9 Å². The normalized spacial score (nSPS) is 19.4. The highest BCUT2D eigenvalue weighted by atomic mass is 32.2. The highest BCUT2D eigenvalue weighted by Crippen LogP contribution is 2.15. The van der Waals surface area contributed by atoms with E-state index in [0.717, 1.165) is 44.2 Å². The van der Waals surface area contributed by atoms with Crippen LogP contribution in [0.5, 0.6) is 0 Å². The van der Waals surface area contributed by atoms with Crippen molar-refractivity contribution in [1.82, 2.24) is 9.80 Å². The predicted molar refractivity (Wildman–Crippen MR) is 85.4 cm³/mol. The predicted octanol–water partition coefficient (Wildman–Crippen LogP) is 2.34. The Labute approximate surface area is 125 Å². The topological polar surface area (TPSA) is 23.6 Å². The van der Waals surface area contributed by atoms with Crippen molar-refractivity contribution in [2.24, 2.45) is 0 Å². The Bertz CT molecular complexity index is 454. The lowest BCUT2D eigenvalue weighted by molar-refractivity contribution is 0.132. The van der Waals surface area contributed by atoms with Crippen molar-refractivity contribution in [3.05, 3.63) is 29.8 Å². The van der Waals surface area contributed by atoms with Crippen molar-refractivity contribution < 1.29 is 4.21 Å². The standard InChI is InChI=1S/C16H26N2OS/c1-4-17-8-10-18(11-9-17)13-15-6-5-7-16(12-15)20(19)14(2)3/h5-7,12,14H,4,8-11,13H2,1-3H3. The molecule has 2 rings (SSSR count). The first-order chi connectivity index (χ1) is 9.60. The Kier molecular flexibility index (Phi) is 5.75. The summed E-state index contributed by atoms with van der Waals surface area (Å²) in [6.45, 7) is 12.9. The first-order valence-electron chi connectivity index (χ1n) is 7.54. The van der Waals surface area contributed by atoms with Gasteiger partial charge in [-0.15, -0.1) is 0 Å². The van der Waals surface area contributed by atoms with E-state index < -0.39 is 10.8 Å². The van der Waals surface area contributed by atoms with Crippen LogP contribution < -0.4 is 0 Å². The minimum absolute atomic E-state index is 0.179. The molecule has 1 aliphatic rings. The van der Waals surface area contributed by atoms with Gasteiger partial charge in [0, 0.05) is 42.9 Å². The number of nitrogens with zero attached hydrogens (tertiary/aromatic N) is 2. The summed E-state index contributed by atoms with van der Waals surface area (Å²) in [6, 6.07) is 8.28. The fraction of sp³-hybridized carbons (Fsp3) is 0.625. The smallest absolute Gasteiger partial charge is 0.0555 e. The maximum absolute atomic E-state index is 12.2. The fourth-order valence-electron chi connectivity index (χ4n) is 2.56. The van der Waals surface area contributed by atoms with Gasteiger partial charge in [0.25, 0.3) is 0 Å². The zero-order valence-corrected chi connectivity index (χ0v) is 13.7. The van der Waals surface area contributed by atoms with E-state index in [1.165, 1.54) is 5.56 Å². The van der Waals surface area contributed by atoms with Crippen LogP contribution in [0, 0.1) is 0 Å². The molecule has 1 aromatic rings. The van der Waals surface area contributed by atoms with Crippen LogP contribution in [0.4, 0.5) is 0 Å². The van der Waals surface area contributed by atoms with E-state index in [1.807, 2.05) is 26.0 Å². The van der Waals surface area contributed by atoms with Gasteiger partial charge in [0.1, 0.15) is 0 Å². The molecule has 0 saturated carbocycles. The molecule has 0 N–H and O–H groups in total. The van der Waals surface area contributed by atoms with Gasteiger partial charge < -0.3 is 4.90 Å². The number of hydrogen-bond donors (Lipinski definition) is 0. The molecule has 1 heterocycles. The number of piperazine rings is 1. The molecule has 1 saturated heterocycles. The Morgan fingerprint density at radius 1 is 1.15 bits per heavy atom. The highest BCUT2D eigenvalue weighted by Gasteiger charge is 2.16. The molecule has 0 aromatic heterocycles. The number of likely N-dealkylation sites (N-methyl/N-ethyl adjacent to an activating group) is 1. The molecule has 1 unspecified atom stereocenters. The van der Waals surface area contributed by atoms with Crippen LogP contribution in [-0.4, -0.2) is 52.0 Å². The van der Waals surface area contributed by atoms with Gasteiger partial charge in [0.15, 0.2) is 0 Å². The van der Waals surface area contributed by atoms with Crippen molar-refractivity contribution in [3.8, 4) is 0 Å². The third-order valence-corrected chi connectivity index (χ3v) is 5.45. The lowest BCUT2D eigenvalue weighted by Crippen LogP contribution is -2.45. The molecule has 20 heavy (non-hydrogen) atoms. The van der Waals surface area contributed by atoms with Gasteiger partial charge in [-0.2, -0.15) is 0 Å². The van der Waals surface area contributed by atoms with Crippen molar-refractivity contribution in [2.45, 2.75) is 37.5 Å². The van der Waals surface area contributed by atoms with E-state index in [2.05, 4.69) is 28.9 Å². The lowest BCUT2D eigenvalue weighted by atomic mass is 10.2. The van der Waals surface area contributed by atoms with Crippen molar-refractivity contribution in [3.63, 3.8) is 0 Å². The highest BCUT2D eigenvalue weighted by molar-refractivity contribution is 7.85. The van der Waals surface area contributed by atoms with Crippen molar-refractivity contribution in [1.29, 1.82) is 0 Å². The largest absolute Gasteiger partial charge is 0.301 e. The molecule has 0 aliphatic carbocycles. The van der Waals surface area contributed by atoms with E-state index in [9.17, 15) is 4.21 Å². The molecule has 112 valence electrons. The molecule has 1 fully saturated rings. The molecular weight excluding hydrogens is 268 g/mol. The third kappa shape index (κ3) is 4.14. The lowest BCUT2D eigenvalue weighted by Gasteiger charge is -2.34. The van der Waals surface area contributed by atoms with E-state index in [1.54, 1.807) is 0 Å². The second-order valence-electron chi connectivity index (χ2n) is 5.70. The Morgan fingerprint density at radius 3 is 2.40 bits per heavy atom. The van der Waals surface area contributed by atoms with Gasteiger partial charge in [0.2, 0.25) is 0 Å². The summed E-state index contributed by atoms with van der Waals surface area (Å²) >= 11 is 0. The first kappa shape index (κ1) is 15.7. The Balaban J connectivity index is 1.97. The number of rotatable bonds is 5. The maximum atomic E-state index is 12.2. The Morgan fingerprint density at radius 2 is 1.80 bits per heavy atom. The Hall–Kier alpha value is -0.710. The number of hydrogen-bond acceptors (Lipinski definition) is 3. The van der Waals surface area contributed by atoms with Gasteiger partial charge in [-0.25, -0.2) is 0 Å². The quantitative estimate of drug-likeness (QED) is 0.833. The van der Waals surface area contributed by atoms with Crippen LogP contribution in [0.1, 0.15) is 26.3 Å². The summed E-state index contributed by atoms with van der Waals surface area (Å²) in [5, 5.41) is 0.179. The van der Waals surface area contributed by atoms with Gasteiger partial charge in [0.05, 0.1) is 10.8 Å². The molecule has 0 spiro atoms. The van der Waals surface area contributed by atoms with Gasteiger partial charge in [-0.05, 0) is 24.2 Å². The van der Waals surface area contributed by atoms with Crippen molar-refractivity contribution in [2.75, 3.05) is 32.7 Å². The zero-order valence-electron chi connectivity index (χ0n) is 12.8. The summed E-state index contributed by atoms with van der Waals surface area (Å²) in [7, 11) is -0.886. The maximum Gasteiger partial charge on any atom is 0.0555 e. The monoisotopic (exact) mass is 294 g/mol. The summed E-state index contributed by atoms with van der Waals surface area (Å²) in [6.07, 6.45) is 0. The minimum Gasteiger partial charge on any atom is -0.301 e. The van der Waals surface area contributed by atoms with Gasteiger partial charge in [-0.3, -0.25) is 9.11 Å². The van der Waals surface area contributed by atoms with E-state index in [-0.39, 0.29) is 5.25 Å². The van der Waals surface area contributed by atoms with Crippen LogP contribution in [-0.2, 0) is 17.3 Å². The summed E-state index contributed by atoms with van der Waals surface area (Å²) < 4.78 is 12.2. The SMILES string of the molecule is CCN1CCN(Cc2cccc(S(=O)C(C)C)c2)CC1. The van der Waals surface area contributed by atoms with Crippen LogP contribution >= 0.6 is 0 Å². The first-order valence-corrected chi connectivity index (χ1v) is 8.75. The molecule has 4 heteroatoms. The number of benzene rings is 1. The fourth-order valence-corrected chi connectivity index (χ4v) is 3.59. The molecule has 1 atom stereocenters. The summed E-state index contributed by atoms with van der Waals surface area (Å²) in [5.74, 6) is 0. The van der Waals surface area contributed by atoms with Crippen LogP contribution in [0.2, 0.25) is 0 Å². The molecule has 3 nitrogen and oxygen atoms in total. The van der Waals surface area contributed by atoms with Gasteiger partial charge >= 0.3 is 0 Å². The molecule has 1 aromatic carbocycles. The van der Waals surface area contributed by atoms with Crippen molar-refractivity contribution >= 4 is 10.8 Å². The van der Waals surface area contributed by atoms with Crippen LogP contribution in [0.15, 0.2) is 29.2 Å². The zero-order chi connectivity index (χ0) is 14.5. The summed E-state index contributed by atoms with van der Waals surface area (Å²) in [4.78, 5) is 5.94. The third-order valence-electron chi connectivity index (χ3n) is 3.88. The summed E-state index contributed by atoms with van der Waals surface area (Å²) in [5.41, 5.74) is 1.28.